The zero-order valence-electron chi connectivity index (χ0n) is 18.5. The van der Waals surface area contributed by atoms with Crippen LogP contribution in [-0.2, 0) is 10.0 Å². The number of ether oxygens (including phenoxy) is 1. The maximum absolute atomic E-state index is 13.0. The summed E-state index contributed by atoms with van der Waals surface area (Å²) in [6.45, 7) is 6.14. The third-order valence-corrected chi connectivity index (χ3v) is 7.05. The molecule has 0 saturated carbocycles. The van der Waals surface area contributed by atoms with Gasteiger partial charge < -0.3 is 15.0 Å². The summed E-state index contributed by atoms with van der Waals surface area (Å²) >= 11 is 3.33. The van der Waals surface area contributed by atoms with E-state index in [9.17, 15) is 8.42 Å². The van der Waals surface area contributed by atoms with Gasteiger partial charge in [-0.2, -0.15) is 4.98 Å². The van der Waals surface area contributed by atoms with Crippen molar-refractivity contribution in [3.63, 3.8) is 0 Å². The molecular formula is C23H26BrN5O3S. The van der Waals surface area contributed by atoms with Crippen LogP contribution in [0.5, 0.6) is 5.75 Å². The van der Waals surface area contributed by atoms with Crippen LogP contribution < -0.4 is 19.7 Å². The highest BCUT2D eigenvalue weighted by Gasteiger charge is 2.21. The maximum atomic E-state index is 13.0. The van der Waals surface area contributed by atoms with Gasteiger partial charge in [0.15, 0.2) is 0 Å². The number of benzene rings is 2. The molecule has 1 fully saturated rings. The first-order valence-electron chi connectivity index (χ1n) is 10.8. The molecule has 1 saturated heterocycles. The van der Waals surface area contributed by atoms with Crippen molar-refractivity contribution in [3.8, 4) is 5.75 Å². The molecule has 8 nitrogen and oxygen atoms in total. The molecule has 0 radical (unpaired) electrons. The van der Waals surface area contributed by atoms with Gasteiger partial charge in [-0.15, -0.1) is 0 Å². The Hall–Kier alpha value is -2.85. The van der Waals surface area contributed by atoms with E-state index in [0.29, 0.717) is 28.5 Å². The molecular weight excluding hydrogens is 506 g/mol. The van der Waals surface area contributed by atoms with E-state index >= 15 is 0 Å². The van der Waals surface area contributed by atoms with Gasteiger partial charge in [0, 0.05) is 40.7 Å². The topological polar surface area (TPSA) is 96.5 Å². The molecule has 174 valence electrons. The maximum Gasteiger partial charge on any atom is 0.265 e. The van der Waals surface area contributed by atoms with Crippen molar-refractivity contribution in [2.75, 3.05) is 34.6 Å². The minimum Gasteiger partial charge on any atom is -0.492 e. The van der Waals surface area contributed by atoms with Crippen molar-refractivity contribution in [1.29, 1.82) is 0 Å². The van der Waals surface area contributed by atoms with Crippen molar-refractivity contribution in [2.45, 2.75) is 31.6 Å². The van der Waals surface area contributed by atoms with E-state index in [1.807, 2.05) is 19.9 Å². The molecule has 0 unspecified atom stereocenters. The van der Waals surface area contributed by atoms with Crippen LogP contribution in [0, 0.1) is 6.92 Å². The molecule has 1 aliphatic rings. The molecule has 0 spiro atoms. The van der Waals surface area contributed by atoms with Gasteiger partial charge in [0.1, 0.15) is 16.5 Å². The average Bonchev–Trinajstić information content (AvgIpc) is 3.31. The van der Waals surface area contributed by atoms with Crippen LogP contribution in [-0.4, -0.2) is 38.1 Å². The Bertz CT molecular complexity index is 1230. The smallest absolute Gasteiger partial charge is 0.265 e. The van der Waals surface area contributed by atoms with E-state index in [4.69, 9.17) is 4.74 Å². The van der Waals surface area contributed by atoms with E-state index < -0.39 is 10.0 Å². The second-order valence-corrected chi connectivity index (χ2v) is 10.3. The van der Waals surface area contributed by atoms with Crippen LogP contribution in [0.25, 0.3) is 0 Å². The van der Waals surface area contributed by atoms with Gasteiger partial charge in [0.05, 0.1) is 6.61 Å². The number of hydrogen-bond acceptors (Lipinski definition) is 7. The van der Waals surface area contributed by atoms with Gasteiger partial charge >= 0.3 is 0 Å². The van der Waals surface area contributed by atoms with Gasteiger partial charge in [-0.1, -0.05) is 15.9 Å². The molecule has 1 aromatic heterocycles. The van der Waals surface area contributed by atoms with Gasteiger partial charge in [-0.05, 0) is 69.2 Å². The Kier molecular flexibility index (Phi) is 7.04. The highest BCUT2D eigenvalue weighted by atomic mass is 79.9. The number of hydrogen-bond donors (Lipinski definition) is 2. The Morgan fingerprint density at radius 3 is 2.42 bits per heavy atom. The molecule has 2 N–H and O–H groups in total. The number of halogens is 1. The average molecular weight is 532 g/mol. The SMILES string of the molecule is CCOc1ccc(Br)cc1S(=O)(=O)Nc1ccc(Nc2nc(C)cc(N3CCCC3)n2)cc1. The van der Waals surface area contributed by atoms with Crippen molar-refractivity contribution in [3.05, 3.63) is 58.7 Å². The minimum absolute atomic E-state index is 0.0727. The fraction of sp³-hybridized carbons (Fsp3) is 0.304. The van der Waals surface area contributed by atoms with Gasteiger partial charge in [-0.3, -0.25) is 4.72 Å². The second-order valence-electron chi connectivity index (χ2n) is 7.72. The lowest BCUT2D eigenvalue weighted by Gasteiger charge is -2.18. The standard InChI is InChI=1S/C23H26BrN5O3S/c1-3-32-20-11-6-17(24)15-21(20)33(30,31)28-19-9-7-18(8-10-19)26-23-25-16(2)14-22(27-23)29-12-4-5-13-29/h6-11,14-15,28H,3-5,12-13H2,1-2H3,(H,25,26,27). The highest BCUT2D eigenvalue weighted by Crippen LogP contribution is 2.30. The Labute approximate surface area is 202 Å². The first kappa shape index (κ1) is 23.3. The lowest BCUT2D eigenvalue weighted by Crippen LogP contribution is -2.19. The number of sulfonamides is 1. The zero-order chi connectivity index (χ0) is 23.4. The van der Waals surface area contributed by atoms with Gasteiger partial charge in [-0.25, -0.2) is 13.4 Å². The second kappa shape index (κ2) is 9.96. The van der Waals surface area contributed by atoms with Crippen LogP contribution in [0.1, 0.15) is 25.5 Å². The lowest BCUT2D eigenvalue weighted by molar-refractivity contribution is 0.331. The monoisotopic (exact) mass is 531 g/mol. The molecule has 0 amide bonds. The van der Waals surface area contributed by atoms with Crippen LogP contribution in [0.15, 0.2) is 57.9 Å². The third kappa shape index (κ3) is 5.75. The van der Waals surface area contributed by atoms with Crippen LogP contribution in [0.4, 0.5) is 23.1 Å². The molecule has 0 aliphatic carbocycles. The number of aromatic nitrogens is 2. The molecule has 3 aromatic rings. The Balaban J connectivity index is 1.50. The fourth-order valence-corrected chi connectivity index (χ4v) is 5.39. The largest absolute Gasteiger partial charge is 0.492 e. The lowest BCUT2D eigenvalue weighted by atomic mass is 10.3. The normalized spacial score (nSPS) is 13.7. The van der Waals surface area contributed by atoms with E-state index in [0.717, 1.165) is 30.3 Å². The number of nitrogens with zero attached hydrogens (tertiary/aromatic N) is 3. The number of aryl methyl sites for hydroxylation is 1. The van der Waals surface area contributed by atoms with Crippen molar-refractivity contribution in [1.82, 2.24) is 9.97 Å². The summed E-state index contributed by atoms with van der Waals surface area (Å²) in [5.41, 5.74) is 2.08. The summed E-state index contributed by atoms with van der Waals surface area (Å²) in [5.74, 6) is 1.74. The van der Waals surface area contributed by atoms with Gasteiger partial charge in [0.2, 0.25) is 5.95 Å². The van der Waals surface area contributed by atoms with E-state index in [1.54, 1.807) is 36.4 Å². The van der Waals surface area contributed by atoms with Crippen LogP contribution >= 0.6 is 15.9 Å². The predicted octanol–water partition coefficient (Wildman–Crippen LogP) is 5.09. The third-order valence-electron chi connectivity index (χ3n) is 5.16. The van der Waals surface area contributed by atoms with Crippen LogP contribution in [0.2, 0.25) is 0 Å². The Morgan fingerprint density at radius 1 is 1.03 bits per heavy atom. The predicted molar refractivity (Wildman–Crippen MR) is 134 cm³/mol. The number of anilines is 4. The first-order valence-corrected chi connectivity index (χ1v) is 13.0. The summed E-state index contributed by atoms with van der Waals surface area (Å²) < 4.78 is 34.7. The van der Waals surface area contributed by atoms with E-state index in [2.05, 4.69) is 40.8 Å². The number of nitrogens with one attached hydrogen (secondary N) is 2. The van der Waals surface area contributed by atoms with Crippen molar-refractivity contribution < 1.29 is 13.2 Å². The molecule has 4 rings (SSSR count). The summed E-state index contributed by atoms with van der Waals surface area (Å²) in [5, 5.41) is 3.21. The molecule has 33 heavy (non-hydrogen) atoms. The van der Waals surface area contributed by atoms with E-state index in [-0.39, 0.29) is 4.90 Å². The number of rotatable bonds is 8. The Morgan fingerprint density at radius 2 is 1.73 bits per heavy atom. The molecule has 10 heteroatoms. The molecule has 2 aromatic carbocycles. The van der Waals surface area contributed by atoms with Crippen LogP contribution in [0.3, 0.4) is 0 Å². The first-order chi connectivity index (χ1) is 15.8. The fourth-order valence-electron chi connectivity index (χ4n) is 3.64. The molecule has 1 aliphatic heterocycles. The minimum atomic E-state index is -3.84. The van der Waals surface area contributed by atoms with Crippen molar-refractivity contribution >= 4 is 49.1 Å². The van der Waals surface area contributed by atoms with E-state index in [1.165, 1.54) is 18.9 Å². The highest BCUT2D eigenvalue weighted by molar-refractivity contribution is 9.10. The molecule has 0 atom stereocenters. The quantitative estimate of drug-likeness (QED) is 0.417. The summed E-state index contributed by atoms with van der Waals surface area (Å²) in [6, 6.07) is 13.8. The van der Waals surface area contributed by atoms with Crippen molar-refractivity contribution in [2.24, 2.45) is 0 Å². The molecule has 2 heterocycles. The zero-order valence-corrected chi connectivity index (χ0v) is 20.9. The summed E-state index contributed by atoms with van der Waals surface area (Å²) in [7, 11) is -3.84. The summed E-state index contributed by atoms with van der Waals surface area (Å²) in [6.07, 6.45) is 2.35. The van der Waals surface area contributed by atoms with Gasteiger partial charge in [0.25, 0.3) is 10.0 Å². The summed E-state index contributed by atoms with van der Waals surface area (Å²) in [4.78, 5) is 11.5. The molecule has 0 bridgehead atoms.